The molecule has 7 heteroatoms. The van der Waals surface area contributed by atoms with Crippen LogP contribution in [0.4, 0.5) is 10.8 Å². The Morgan fingerprint density at radius 2 is 1.83 bits per heavy atom. The van der Waals surface area contributed by atoms with Gasteiger partial charge in [-0.05, 0) is 42.5 Å². The second kappa shape index (κ2) is 6.67. The van der Waals surface area contributed by atoms with E-state index in [2.05, 4.69) is 15.6 Å². The number of methoxy groups -OCH3 is 1. The predicted molar refractivity (Wildman–Crippen MR) is 94.9 cm³/mol. The standard InChI is InChI=1S/C17H15N3O3S/c1-10(21)18-17-20-14-8-5-12(9-15(14)24-17)19-16(22)11-3-6-13(23-2)7-4-11/h3-9H,1-2H3,(H,19,22)(H,18,20,21). The molecule has 24 heavy (non-hydrogen) atoms. The summed E-state index contributed by atoms with van der Waals surface area (Å²) in [5, 5.41) is 6.05. The highest BCUT2D eigenvalue weighted by molar-refractivity contribution is 7.22. The van der Waals surface area contributed by atoms with E-state index in [0.29, 0.717) is 22.1 Å². The van der Waals surface area contributed by atoms with Crippen LogP contribution in [0.1, 0.15) is 17.3 Å². The minimum Gasteiger partial charge on any atom is -0.497 e. The maximum absolute atomic E-state index is 12.3. The molecule has 0 fully saturated rings. The van der Waals surface area contributed by atoms with Crippen molar-refractivity contribution in [2.75, 3.05) is 17.7 Å². The summed E-state index contributed by atoms with van der Waals surface area (Å²) in [6.45, 7) is 1.44. The van der Waals surface area contributed by atoms with Crippen molar-refractivity contribution in [3.8, 4) is 5.75 Å². The van der Waals surface area contributed by atoms with Gasteiger partial charge in [0, 0.05) is 18.2 Å². The highest BCUT2D eigenvalue weighted by atomic mass is 32.1. The predicted octanol–water partition coefficient (Wildman–Crippen LogP) is 3.52. The zero-order chi connectivity index (χ0) is 17.1. The maximum Gasteiger partial charge on any atom is 0.255 e. The summed E-state index contributed by atoms with van der Waals surface area (Å²) in [5.41, 5.74) is 1.98. The zero-order valence-corrected chi connectivity index (χ0v) is 13.9. The first-order chi connectivity index (χ1) is 11.5. The zero-order valence-electron chi connectivity index (χ0n) is 13.1. The van der Waals surface area contributed by atoms with Gasteiger partial charge in [-0.15, -0.1) is 0 Å². The first kappa shape index (κ1) is 15.9. The number of carbonyl (C=O) groups excluding carboxylic acids is 2. The molecule has 0 aliphatic heterocycles. The number of carbonyl (C=O) groups is 2. The van der Waals surface area contributed by atoms with Crippen molar-refractivity contribution in [1.82, 2.24) is 4.98 Å². The van der Waals surface area contributed by atoms with Crippen LogP contribution in [0.3, 0.4) is 0 Å². The Morgan fingerprint density at radius 1 is 1.08 bits per heavy atom. The number of anilines is 2. The quantitative estimate of drug-likeness (QED) is 0.761. The number of benzene rings is 2. The number of nitrogens with zero attached hydrogens (tertiary/aromatic N) is 1. The molecule has 0 spiro atoms. The first-order valence-corrected chi connectivity index (χ1v) is 8.00. The fourth-order valence-corrected chi connectivity index (χ4v) is 3.10. The minimum atomic E-state index is -0.205. The van der Waals surface area contributed by atoms with Crippen molar-refractivity contribution < 1.29 is 14.3 Å². The lowest BCUT2D eigenvalue weighted by molar-refractivity contribution is -0.114. The molecule has 122 valence electrons. The molecule has 0 saturated carbocycles. The van der Waals surface area contributed by atoms with Gasteiger partial charge in [0.2, 0.25) is 5.91 Å². The molecule has 0 aliphatic rings. The van der Waals surface area contributed by atoms with Gasteiger partial charge in [0.05, 0.1) is 17.3 Å². The Hall–Kier alpha value is -2.93. The molecule has 1 heterocycles. The molecule has 1 aromatic heterocycles. The van der Waals surface area contributed by atoms with Crippen molar-refractivity contribution >= 4 is 44.2 Å². The monoisotopic (exact) mass is 341 g/mol. The average molecular weight is 341 g/mol. The van der Waals surface area contributed by atoms with Gasteiger partial charge in [-0.25, -0.2) is 4.98 Å². The van der Waals surface area contributed by atoms with Gasteiger partial charge in [-0.3, -0.25) is 9.59 Å². The highest BCUT2D eigenvalue weighted by Crippen LogP contribution is 2.28. The van der Waals surface area contributed by atoms with Crippen LogP contribution in [0.2, 0.25) is 0 Å². The summed E-state index contributed by atoms with van der Waals surface area (Å²) in [6.07, 6.45) is 0. The lowest BCUT2D eigenvalue weighted by Crippen LogP contribution is -2.11. The summed E-state index contributed by atoms with van der Waals surface area (Å²) in [4.78, 5) is 27.7. The van der Waals surface area contributed by atoms with Gasteiger partial charge < -0.3 is 15.4 Å². The molecule has 2 N–H and O–H groups in total. The summed E-state index contributed by atoms with van der Waals surface area (Å²) in [7, 11) is 1.58. The fourth-order valence-electron chi connectivity index (χ4n) is 2.15. The topological polar surface area (TPSA) is 80.3 Å². The van der Waals surface area contributed by atoms with Crippen LogP contribution in [0, 0.1) is 0 Å². The van der Waals surface area contributed by atoms with Crippen LogP contribution in [0.5, 0.6) is 5.75 Å². The van der Waals surface area contributed by atoms with E-state index in [0.717, 1.165) is 10.2 Å². The number of amides is 2. The lowest BCUT2D eigenvalue weighted by Gasteiger charge is -2.06. The lowest BCUT2D eigenvalue weighted by atomic mass is 10.2. The summed E-state index contributed by atoms with van der Waals surface area (Å²) in [6, 6.07) is 12.3. The summed E-state index contributed by atoms with van der Waals surface area (Å²) >= 11 is 1.36. The van der Waals surface area contributed by atoms with Crippen LogP contribution in [-0.2, 0) is 4.79 Å². The van der Waals surface area contributed by atoms with Crippen LogP contribution in [0.25, 0.3) is 10.2 Å². The smallest absolute Gasteiger partial charge is 0.255 e. The molecule has 2 amide bonds. The van der Waals surface area contributed by atoms with E-state index in [1.807, 2.05) is 6.07 Å². The van der Waals surface area contributed by atoms with Gasteiger partial charge in [-0.2, -0.15) is 0 Å². The summed E-state index contributed by atoms with van der Waals surface area (Å²) < 4.78 is 5.96. The van der Waals surface area contributed by atoms with Crippen LogP contribution in [0.15, 0.2) is 42.5 Å². The van der Waals surface area contributed by atoms with E-state index < -0.39 is 0 Å². The largest absolute Gasteiger partial charge is 0.497 e. The van der Waals surface area contributed by atoms with E-state index >= 15 is 0 Å². The van der Waals surface area contributed by atoms with Gasteiger partial charge >= 0.3 is 0 Å². The van der Waals surface area contributed by atoms with E-state index in [-0.39, 0.29) is 11.8 Å². The van der Waals surface area contributed by atoms with E-state index in [4.69, 9.17) is 4.74 Å². The Labute approximate surface area is 142 Å². The number of hydrogen-bond donors (Lipinski definition) is 2. The number of rotatable bonds is 4. The molecule has 0 radical (unpaired) electrons. The molecule has 6 nitrogen and oxygen atoms in total. The second-order valence-corrected chi connectivity index (χ2v) is 6.10. The molecular weight excluding hydrogens is 326 g/mol. The SMILES string of the molecule is COc1ccc(C(=O)Nc2ccc3nc(NC(C)=O)sc3c2)cc1. The molecule has 0 saturated heterocycles. The number of fused-ring (bicyclic) bond motifs is 1. The molecule has 2 aromatic carbocycles. The van der Waals surface area contributed by atoms with Gasteiger partial charge in [0.1, 0.15) is 5.75 Å². The molecule has 0 atom stereocenters. The molecule has 3 rings (SSSR count). The number of aromatic nitrogens is 1. The van der Waals surface area contributed by atoms with Crippen molar-refractivity contribution in [1.29, 1.82) is 0 Å². The van der Waals surface area contributed by atoms with Gasteiger partial charge in [-0.1, -0.05) is 11.3 Å². The molecule has 3 aromatic rings. The molecule has 0 aliphatic carbocycles. The van der Waals surface area contributed by atoms with Gasteiger partial charge in [0.25, 0.3) is 5.91 Å². The molecule has 0 unspecified atom stereocenters. The van der Waals surface area contributed by atoms with Crippen LogP contribution in [-0.4, -0.2) is 23.9 Å². The number of thiazole rings is 1. The van der Waals surface area contributed by atoms with E-state index in [9.17, 15) is 9.59 Å². The van der Waals surface area contributed by atoms with Crippen molar-refractivity contribution in [2.24, 2.45) is 0 Å². The summed E-state index contributed by atoms with van der Waals surface area (Å²) in [5.74, 6) is 0.328. The Morgan fingerprint density at radius 3 is 2.50 bits per heavy atom. The molecular formula is C17H15N3O3S. The third-order valence-electron chi connectivity index (χ3n) is 3.28. The Kier molecular flexibility index (Phi) is 4.43. The fraction of sp³-hybridized carbons (Fsp3) is 0.118. The van der Waals surface area contributed by atoms with Crippen LogP contribution >= 0.6 is 11.3 Å². The normalized spacial score (nSPS) is 10.4. The molecule has 0 bridgehead atoms. The maximum atomic E-state index is 12.3. The van der Waals surface area contributed by atoms with Crippen LogP contribution < -0.4 is 15.4 Å². The Balaban J connectivity index is 1.78. The van der Waals surface area contributed by atoms with E-state index in [1.165, 1.54) is 18.3 Å². The number of ether oxygens (including phenoxy) is 1. The first-order valence-electron chi connectivity index (χ1n) is 7.19. The third kappa shape index (κ3) is 3.52. The second-order valence-electron chi connectivity index (χ2n) is 5.07. The van der Waals surface area contributed by atoms with Crippen molar-refractivity contribution in [2.45, 2.75) is 6.92 Å². The average Bonchev–Trinajstić information content (AvgIpc) is 2.95. The number of nitrogens with one attached hydrogen (secondary N) is 2. The Bertz CT molecular complexity index is 903. The highest BCUT2D eigenvalue weighted by Gasteiger charge is 2.09. The van der Waals surface area contributed by atoms with Gasteiger partial charge in [0.15, 0.2) is 5.13 Å². The van der Waals surface area contributed by atoms with Crippen molar-refractivity contribution in [3.05, 3.63) is 48.0 Å². The van der Waals surface area contributed by atoms with E-state index in [1.54, 1.807) is 43.5 Å². The third-order valence-corrected chi connectivity index (χ3v) is 4.22. The number of hydrogen-bond acceptors (Lipinski definition) is 5. The van der Waals surface area contributed by atoms with Crippen molar-refractivity contribution in [3.63, 3.8) is 0 Å². The minimum absolute atomic E-state index is 0.165.